The van der Waals surface area contributed by atoms with E-state index in [4.69, 9.17) is 18.9 Å². The van der Waals surface area contributed by atoms with E-state index in [0.717, 1.165) is 37.5 Å². The maximum Gasteiger partial charge on any atom is 0.302 e. The Morgan fingerprint density at radius 1 is 1.12 bits per heavy atom. The van der Waals surface area contributed by atoms with Crippen LogP contribution in [-0.4, -0.2) is 39.7 Å². The maximum atomic E-state index is 11.5. The van der Waals surface area contributed by atoms with Crippen LogP contribution in [0.3, 0.4) is 0 Å². The first kappa shape index (κ1) is 19.1. The predicted molar refractivity (Wildman–Crippen MR) is 92.6 cm³/mol. The minimum atomic E-state index is -0.295. The number of benzene rings is 1. The second kappa shape index (κ2) is 8.74. The van der Waals surface area contributed by atoms with Crippen molar-refractivity contribution in [2.24, 2.45) is 0 Å². The summed E-state index contributed by atoms with van der Waals surface area (Å²) in [6.45, 7) is 1.42. The van der Waals surface area contributed by atoms with Gasteiger partial charge in [0.15, 0.2) is 0 Å². The molecule has 0 aromatic heterocycles. The van der Waals surface area contributed by atoms with Crippen molar-refractivity contribution in [3.05, 3.63) is 17.2 Å². The van der Waals surface area contributed by atoms with E-state index in [0.29, 0.717) is 22.8 Å². The van der Waals surface area contributed by atoms with E-state index in [9.17, 15) is 9.59 Å². The molecule has 0 heterocycles. The summed E-state index contributed by atoms with van der Waals surface area (Å²) in [6, 6.07) is 1.77. The van der Waals surface area contributed by atoms with Crippen LogP contribution in [0.4, 0.5) is 0 Å². The smallest absolute Gasteiger partial charge is 0.302 e. The van der Waals surface area contributed by atoms with Crippen LogP contribution < -0.4 is 14.2 Å². The lowest BCUT2D eigenvalue weighted by Crippen LogP contribution is -2.28. The molecule has 6 heteroatoms. The maximum absolute atomic E-state index is 11.5. The van der Waals surface area contributed by atoms with Crippen molar-refractivity contribution in [1.82, 2.24) is 0 Å². The van der Waals surface area contributed by atoms with Gasteiger partial charge in [-0.2, -0.15) is 0 Å². The fourth-order valence-electron chi connectivity index (χ4n) is 3.66. The van der Waals surface area contributed by atoms with E-state index in [-0.39, 0.29) is 24.4 Å². The summed E-state index contributed by atoms with van der Waals surface area (Å²) < 4.78 is 22.2. The number of hydrogen-bond acceptors (Lipinski definition) is 6. The topological polar surface area (TPSA) is 71.1 Å². The Morgan fingerprint density at radius 3 is 2.36 bits per heavy atom. The fraction of sp³-hybridized carbons (Fsp3) is 0.579. The summed E-state index contributed by atoms with van der Waals surface area (Å²) in [7, 11) is 4.70. The Kier molecular flexibility index (Phi) is 6.67. The Morgan fingerprint density at radius 2 is 1.80 bits per heavy atom. The molecule has 1 aromatic carbocycles. The highest BCUT2D eigenvalue weighted by molar-refractivity contribution is 5.68. The molecule has 0 saturated heterocycles. The van der Waals surface area contributed by atoms with Gasteiger partial charge in [-0.25, -0.2) is 0 Å². The van der Waals surface area contributed by atoms with Crippen molar-refractivity contribution in [3.63, 3.8) is 0 Å². The molecule has 6 nitrogen and oxygen atoms in total. The third-order valence-corrected chi connectivity index (χ3v) is 4.67. The van der Waals surface area contributed by atoms with Gasteiger partial charge >= 0.3 is 5.97 Å². The molecule has 0 amide bonds. The quantitative estimate of drug-likeness (QED) is 0.556. The van der Waals surface area contributed by atoms with Crippen LogP contribution in [0.1, 0.15) is 49.7 Å². The van der Waals surface area contributed by atoms with Crippen molar-refractivity contribution >= 4 is 12.3 Å². The average molecular weight is 350 g/mol. The van der Waals surface area contributed by atoms with E-state index >= 15 is 0 Å². The molecular weight excluding hydrogens is 324 g/mol. The van der Waals surface area contributed by atoms with E-state index in [1.54, 1.807) is 27.4 Å². The summed E-state index contributed by atoms with van der Waals surface area (Å²) >= 11 is 0. The minimum absolute atomic E-state index is 0.0427. The predicted octanol–water partition coefficient (Wildman–Crippen LogP) is 3.04. The van der Waals surface area contributed by atoms with Gasteiger partial charge in [0.05, 0.1) is 21.3 Å². The third-order valence-electron chi connectivity index (χ3n) is 4.67. The van der Waals surface area contributed by atoms with Gasteiger partial charge in [0, 0.05) is 36.5 Å². The number of methoxy groups -OCH3 is 3. The van der Waals surface area contributed by atoms with Crippen molar-refractivity contribution < 1.29 is 28.5 Å². The molecule has 1 aliphatic rings. The Balaban J connectivity index is 2.61. The Hall–Kier alpha value is -2.24. The van der Waals surface area contributed by atoms with Crippen LogP contribution in [0, 0.1) is 0 Å². The van der Waals surface area contributed by atoms with E-state index in [2.05, 4.69) is 0 Å². The molecule has 138 valence electrons. The average Bonchev–Trinajstić information content (AvgIpc) is 2.61. The molecule has 0 bridgehead atoms. The number of esters is 1. The summed E-state index contributed by atoms with van der Waals surface area (Å²) in [5.74, 6) is 1.40. The molecule has 1 aliphatic carbocycles. The standard InChI is InChI=1S/C19H26O6/c1-12(21)25-15-8-6-5-7-13(15)18-17(23-3)11-16(22-2)14(9-10-20)19(18)24-4/h10-11,13,15H,5-9H2,1-4H3. The monoisotopic (exact) mass is 350 g/mol. The van der Waals surface area contributed by atoms with Gasteiger partial charge in [0.1, 0.15) is 29.6 Å². The normalized spacial score (nSPS) is 19.8. The second-order valence-electron chi connectivity index (χ2n) is 6.12. The van der Waals surface area contributed by atoms with Crippen LogP contribution in [0.15, 0.2) is 6.07 Å². The molecule has 2 rings (SSSR count). The SMILES string of the molecule is COc1cc(OC)c(C2CCCCC2OC(C)=O)c(OC)c1CC=O. The molecule has 1 aromatic rings. The molecule has 2 atom stereocenters. The highest BCUT2D eigenvalue weighted by Crippen LogP contribution is 2.48. The van der Waals surface area contributed by atoms with Crippen LogP contribution in [-0.2, 0) is 20.7 Å². The number of hydrogen-bond donors (Lipinski definition) is 0. The van der Waals surface area contributed by atoms with Crippen molar-refractivity contribution in [3.8, 4) is 17.2 Å². The van der Waals surface area contributed by atoms with Crippen LogP contribution in [0.5, 0.6) is 17.2 Å². The summed E-state index contributed by atoms with van der Waals surface area (Å²) in [5.41, 5.74) is 1.52. The first-order chi connectivity index (χ1) is 12.1. The molecule has 2 unspecified atom stereocenters. The zero-order valence-corrected chi connectivity index (χ0v) is 15.3. The highest BCUT2D eigenvalue weighted by atomic mass is 16.5. The van der Waals surface area contributed by atoms with Crippen LogP contribution >= 0.6 is 0 Å². The Labute approximate surface area is 148 Å². The zero-order valence-electron chi connectivity index (χ0n) is 15.3. The third kappa shape index (κ3) is 4.06. The van der Waals surface area contributed by atoms with Gasteiger partial charge < -0.3 is 23.7 Å². The number of carbonyl (C=O) groups excluding carboxylic acids is 2. The summed E-state index contributed by atoms with van der Waals surface area (Å²) in [5, 5.41) is 0. The molecule has 0 aliphatic heterocycles. The van der Waals surface area contributed by atoms with Gasteiger partial charge in [0.2, 0.25) is 0 Å². The largest absolute Gasteiger partial charge is 0.496 e. The van der Waals surface area contributed by atoms with E-state index < -0.39 is 0 Å². The van der Waals surface area contributed by atoms with E-state index in [1.165, 1.54) is 6.92 Å². The van der Waals surface area contributed by atoms with Crippen molar-refractivity contribution in [2.75, 3.05) is 21.3 Å². The number of aldehydes is 1. The molecule has 25 heavy (non-hydrogen) atoms. The molecule has 1 saturated carbocycles. The van der Waals surface area contributed by atoms with Gasteiger partial charge in [0.25, 0.3) is 0 Å². The molecule has 0 N–H and O–H groups in total. The number of carbonyl (C=O) groups is 2. The lowest BCUT2D eigenvalue weighted by molar-refractivity contribution is -0.148. The molecule has 0 spiro atoms. The highest BCUT2D eigenvalue weighted by Gasteiger charge is 2.35. The fourth-order valence-corrected chi connectivity index (χ4v) is 3.66. The number of rotatable bonds is 7. The lowest BCUT2D eigenvalue weighted by Gasteiger charge is -2.33. The number of ether oxygens (including phenoxy) is 4. The zero-order chi connectivity index (χ0) is 18.4. The first-order valence-electron chi connectivity index (χ1n) is 8.49. The second-order valence-corrected chi connectivity index (χ2v) is 6.12. The van der Waals surface area contributed by atoms with Crippen molar-refractivity contribution in [2.45, 2.75) is 51.0 Å². The van der Waals surface area contributed by atoms with Crippen molar-refractivity contribution in [1.29, 1.82) is 0 Å². The first-order valence-corrected chi connectivity index (χ1v) is 8.49. The Bertz CT molecular complexity index is 625. The summed E-state index contributed by atoms with van der Waals surface area (Å²) in [6.07, 6.45) is 4.46. The molecule has 1 fully saturated rings. The van der Waals surface area contributed by atoms with Gasteiger partial charge in [-0.05, 0) is 19.3 Å². The van der Waals surface area contributed by atoms with E-state index in [1.807, 2.05) is 0 Å². The summed E-state index contributed by atoms with van der Waals surface area (Å²) in [4.78, 5) is 22.7. The molecule has 0 radical (unpaired) electrons. The van der Waals surface area contributed by atoms with Crippen LogP contribution in [0.25, 0.3) is 0 Å². The van der Waals surface area contributed by atoms with Crippen LogP contribution in [0.2, 0.25) is 0 Å². The molecular formula is C19H26O6. The lowest BCUT2D eigenvalue weighted by atomic mass is 9.79. The minimum Gasteiger partial charge on any atom is -0.496 e. The van der Waals surface area contributed by atoms with Gasteiger partial charge in [-0.3, -0.25) is 4.79 Å². The van der Waals surface area contributed by atoms with Gasteiger partial charge in [-0.15, -0.1) is 0 Å². The van der Waals surface area contributed by atoms with Gasteiger partial charge in [-0.1, -0.05) is 6.42 Å².